The van der Waals surface area contributed by atoms with E-state index in [9.17, 15) is 9.59 Å². The molecule has 6 nitrogen and oxygen atoms in total. The van der Waals surface area contributed by atoms with E-state index < -0.39 is 11.9 Å². The predicted octanol–water partition coefficient (Wildman–Crippen LogP) is -0.505. The molecule has 1 saturated heterocycles. The van der Waals surface area contributed by atoms with Crippen LogP contribution in [0.4, 0.5) is 0 Å². The summed E-state index contributed by atoms with van der Waals surface area (Å²) in [4.78, 5) is 32.5. The molecule has 0 saturated carbocycles. The molecule has 2 heterocycles. The molecular formula is C11H14N4O2. The van der Waals surface area contributed by atoms with Gasteiger partial charge < -0.3 is 10.6 Å². The highest BCUT2D eigenvalue weighted by atomic mass is 16.2. The van der Waals surface area contributed by atoms with E-state index >= 15 is 0 Å². The van der Waals surface area contributed by atoms with Crippen LogP contribution >= 0.6 is 0 Å². The van der Waals surface area contributed by atoms with Gasteiger partial charge in [-0.15, -0.1) is 0 Å². The quantitative estimate of drug-likeness (QED) is 0.763. The first-order valence-corrected chi connectivity index (χ1v) is 5.52. The van der Waals surface area contributed by atoms with Gasteiger partial charge >= 0.3 is 0 Å². The summed E-state index contributed by atoms with van der Waals surface area (Å²) in [6, 6.07) is 1.23. The van der Waals surface area contributed by atoms with Gasteiger partial charge in [0, 0.05) is 12.7 Å². The van der Waals surface area contributed by atoms with Crippen molar-refractivity contribution < 1.29 is 9.59 Å². The van der Waals surface area contributed by atoms with Gasteiger partial charge in [0.05, 0.1) is 12.1 Å². The minimum Gasteiger partial charge on any atom is -0.368 e. The number of primary amides is 1. The summed E-state index contributed by atoms with van der Waals surface area (Å²) in [5.41, 5.74) is 5.91. The molecular weight excluding hydrogens is 220 g/mol. The molecule has 2 rings (SSSR count). The summed E-state index contributed by atoms with van der Waals surface area (Å²) < 4.78 is 0. The maximum atomic E-state index is 12.0. The molecule has 6 heteroatoms. The lowest BCUT2D eigenvalue weighted by Gasteiger charge is -2.21. The minimum atomic E-state index is -0.454. The third-order valence-corrected chi connectivity index (χ3v) is 2.88. The van der Waals surface area contributed by atoms with Gasteiger partial charge in [-0.05, 0) is 18.9 Å². The zero-order valence-electron chi connectivity index (χ0n) is 9.37. The summed E-state index contributed by atoms with van der Waals surface area (Å²) in [5, 5.41) is 0. The van der Waals surface area contributed by atoms with Crippen molar-refractivity contribution in [1.29, 1.82) is 0 Å². The van der Waals surface area contributed by atoms with Gasteiger partial charge in [0.15, 0.2) is 0 Å². The van der Waals surface area contributed by atoms with Crippen molar-refractivity contribution in [2.75, 3.05) is 6.54 Å². The monoisotopic (exact) mass is 234 g/mol. The molecule has 0 aromatic carbocycles. The Kier molecular flexibility index (Phi) is 3.32. The van der Waals surface area contributed by atoms with Crippen molar-refractivity contribution in [1.82, 2.24) is 14.9 Å². The van der Waals surface area contributed by atoms with Crippen LogP contribution in [0.1, 0.15) is 18.5 Å². The van der Waals surface area contributed by atoms with Crippen LogP contribution in [0.15, 0.2) is 18.6 Å². The number of carbonyl (C=O) groups is 2. The Morgan fingerprint density at radius 3 is 3.00 bits per heavy atom. The number of amides is 2. The fourth-order valence-corrected chi connectivity index (χ4v) is 2.04. The molecule has 0 bridgehead atoms. The molecule has 17 heavy (non-hydrogen) atoms. The molecule has 1 aliphatic heterocycles. The number of nitrogens with zero attached hydrogens (tertiary/aromatic N) is 3. The maximum Gasteiger partial charge on any atom is 0.240 e. The Morgan fingerprint density at radius 2 is 2.35 bits per heavy atom. The average molecular weight is 234 g/mol. The minimum absolute atomic E-state index is 0.106. The van der Waals surface area contributed by atoms with Crippen LogP contribution in [0.2, 0.25) is 0 Å². The van der Waals surface area contributed by atoms with E-state index in [-0.39, 0.29) is 12.3 Å². The van der Waals surface area contributed by atoms with Gasteiger partial charge in [0.2, 0.25) is 11.8 Å². The summed E-state index contributed by atoms with van der Waals surface area (Å²) in [6.07, 6.45) is 4.66. The topological polar surface area (TPSA) is 89.2 Å². The van der Waals surface area contributed by atoms with Gasteiger partial charge in [-0.25, -0.2) is 9.97 Å². The predicted molar refractivity (Wildman–Crippen MR) is 59.7 cm³/mol. The van der Waals surface area contributed by atoms with Gasteiger partial charge in [-0.1, -0.05) is 0 Å². The second kappa shape index (κ2) is 4.90. The van der Waals surface area contributed by atoms with Crippen LogP contribution in [-0.4, -0.2) is 39.3 Å². The van der Waals surface area contributed by atoms with E-state index in [1.54, 1.807) is 17.2 Å². The number of aromatic nitrogens is 2. The summed E-state index contributed by atoms with van der Waals surface area (Å²) in [6.45, 7) is 0.595. The van der Waals surface area contributed by atoms with Crippen LogP contribution in [0, 0.1) is 0 Å². The molecule has 0 aliphatic carbocycles. The molecule has 2 amide bonds. The Balaban J connectivity index is 2.03. The molecule has 1 atom stereocenters. The lowest BCUT2D eigenvalue weighted by Crippen LogP contribution is -2.44. The second-order valence-corrected chi connectivity index (χ2v) is 4.03. The van der Waals surface area contributed by atoms with E-state index in [2.05, 4.69) is 9.97 Å². The SMILES string of the molecule is NC(=O)C1CCCN1C(=O)Cc1ccncn1. The third kappa shape index (κ3) is 2.58. The van der Waals surface area contributed by atoms with E-state index in [0.717, 1.165) is 6.42 Å². The number of hydrogen-bond donors (Lipinski definition) is 1. The molecule has 1 aromatic heterocycles. The number of carbonyl (C=O) groups excluding carboxylic acids is 2. The van der Waals surface area contributed by atoms with Crippen molar-refractivity contribution in [3.63, 3.8) is 0 Å². The first-order valence-electron chi connectivity index (χ1n) is 5.52. The highest BCUT2D eigenvalue weighted by Gasteiger charge is 2.32. The molecule has 0 spiro atoms. The Hall–Kier alpha value is -1.98. The van der Waals surface area contributed by atoms with E-state index in [0.29, 0.717) is 18.7 Å². The zero-order chi connectivity index (χ0) is 12.3. The lowest BCUT2D eigenvalue weighted by molar-refractivity contribution is -0.136. The first kappa shape index (κ1) is 11.5. The van der Waals surface area contributed by atoms with Crippen molar-refractivity contribution in [2.45, 2.75) is 25.3 Å². The number of likely N-dealkylation sites (tertiary alicyclic amines) is 1. The fraction of sp³-hybridized carbons (Fsp3) is 0.455. The van der Waals surface area contributed by atoms with Crippen LogP contribution < -0.4 is 5.73 Å². The molecule has 1 aliphatic rings. The van der Waals surface area contributed by atoms with E-state index in [4.69, 9.17) is 5.73 Å². The Bertz CT molecular complexity index is 421. The summed E-state index contributed by atoms with van der Waals surface area (Å²) in [7, 11) is 0. The second-order valence-electron chi connectivity index (χ2n) is 4.03. The zero-order valence-corrected chi connectivity index (χ0v) is 9.37. The summed E-state index contributed by atoms with van der Waals surface area (Å²) in [5.74, 6) is -0.538. The summed E-state index contributed by atoms with van der Waals surface area (Å²) >= 11 is 0. The van der Waals surface area contributed by atoms with E-state index in [1.165, 1.54) is 6.33 Å². The molecule has 1 aromatic rings. The van der Waals surface area contributed by atoms with Crippen molar-refractivity contribution in [2.24, 2.45) is 5.73 Å². The lowest BCUT2D eigenvalue weighted by atomic mass is 10.2. The third-order valence-electron chi connectivity index (χ3n) is 2.88. The van der Waals surface area contributed by atoms with Crippen molar-refractivity contribution in [3.8, 4) is 0 Å². The number of hydrogen-bond acceptors (Lipinski definition) is 4. The maximum absolute atomic E-state index is 12.0. The van der Waals surface area contributed by atoms with Crippen LogP contribution in [0.25, 0.3) is 0 Å². The normalized spacial score (nSPS) is 19.3. The van der Waals surface area contributed by atoms with Gasteiger partial charge in [0.25, 0.3) is 0 Å². The van der Waals surface area contributed by atoms with E-state index in [1.807, 2.05) is 0 Å². The van der Waals surface area contributed by atoms with Crippen molar-refractivity contribution >= 4 is 11.8 Å². The molecule has 90 valence electrons. The Labute approximate surface area is 98.8 Å². The largest absolute Gasteiger partial charge is 0.368 e. The van der Waals surface area contributed by atoms with Crippen molar-refractivity contribution in [3.05, 3.63) is 24.3 Å². The Morgan fingerprint density at radius 1 is 1.53 bits per heavy atom. The van der Waals surface area contributed by atoms with Gasteiger partial charge in [0.1, 0.15) is 12.4 Å². The van der Waals surface area contributed by atoms with Crippen LogP contribution in [0.5, 0.6) is 0 Å². The van der Waals surface area contributed by atoms with Gasteiger partial charge in [-0.2, -0.15) is 0 Å². The molecule has 1 fully saturated rings. The molecule has 1 unspecified atom stereocenters. The standard InChI is InChI=1S/C11H14N4O2/c12-11(17)9-2-1-5-15(9)10(16)6-8-3-4-13-7-14-8/h3-4,7,9H,1-2,5-6H2,(H2,12,17). The van der Waals surface area contributed by atoms with Crippen LogP contribution in [-0.2, 0) is 16.0 Å². The number of nitrogens with two attached hydrogens (primary N) is 1. The van der Waals surface area contributed by atoms with Gasteiger partial charge in [-0.3, -0.25) is 9.59 Å². The van der Waals surface area contributed by atoms with Crippen LogP contribution in [0.3, 0.4) is 0 Å². The average Bonchev–Trinajstić information content (AvgIpc) is 2.79. The highest BCUT2D eigenvalue weighted by molar-refractivity contribution is 5.87. The highest BCUT2D eigenvalue weighted by Crippen LogP contribution is 2.17. The number of rotatable bonds is 3. The fourth-order valence-electron chi connectivity index (χ4n) is 2.04. The molecule has 2 N–H and O–H groups in total. The smallest absolute Gasteiger partial charge is 0.240 e. The molecule has 0 radical (unpaired) electrons. The first-order chi connectivity index (χ1) is 8.18.